The highest BCUT2D eigenvalue weighted by molar-refractivity contribution is 9.10. The number of halogens is 1. The van der Waals surface area contributed by atoms with Crippen molar-refractivity contribution in [2.24, 2.45) is 0 Å². The summed E-state index contributed by atoms with van der Waals surface area (Å²) in [6, 6.07) is 18.1. The first-order chi connectivity index (χ1) is 10.7. The van der Waals surface area contributed by atoms with E-state index in [0.29, 0.717) is 6.54 Å². The monoisotopic (exact) mass is 373 g/mol. The summed E-state index contributed by atoms with van der Waals surface area (Å²) in [5.74, 6) is 0.834. The SMILES string of the molecule is CCn1c(=O)cc(SCc2ccccc2Br)c2ccccc21. The molecule has 3 rings (SSSR count). The van der Waals surface area contributed by atoms with E-state index in [2.05, 4.69) is 28.1 Å². The first-order valence-corrected chi connectivity index (χ1v) is 8.97. The van der Waals surface area contributed by atoms with Gasteiger partial charge in [-0.25, -0.2) is 0 Å². The standard InChI is InChI=1S/C18H16BrNOS/c1-2-20-16-10-6-4-8-14(16)17(11-18(20)21)22-12-13-7-3-5-9-15(13)19/h3-11H,2,12H2,1H3. The molecule has 0 aliphatic heterocycles. The minimum Gasteiger partial charge on any atom is -0.308 e. The average molecular weight is 374 g/mol. The normalized spacial score (nSPS) is 11.0. The van der Waals surface area contributed by atoms with Crippen LogP contribution in [0.2, 0.25) is 0 Å². The molecule has 0 spiro atoms. The van der Waals surface area contributed by atoms with E-state index in [4.69, 9.17) is 0 Å². The van der Waals surface area contributed by atoms with Gasteiger partial charge in [0.2, 0.25) is 0 Å². The maximum Gasteiger partial charge on any atom is 0.252 e. The zero-order valence-electron chi connectivity index (χ0n) is 12.3. The van der Waals surface area contributed by atoms with E-state index in [0.717, 1.165) is 26.0 Å². The van der Waals surface area contributed by atoms with Gasteiger partial charge >= 0.3 is 0 Å². The van der Waals surface area contributed by atoms with Crippen LogP contribution in [0.4, 0.5) is 0 Å². The van der Waals surface area contributed by atoms with Crippen LogP contribution in [0, 0.1) is 0 Å². The van der Waals surface area contributed by atoms with E-state index < -0.39 is 0 Å². The Morgan fingerprint density at radius 3 is 2.59 bits per heavy atom. The van der Waals surface area contributed by atoms with Gasteiger partial charge < -0.3 is 4.57 Å². The predicted octanol–water partition coefficient (Wildman–Crippen LogP) is 5.08. The lowest BCUT2D eigenvalue weighted by molar-refractivity contribution is 0.756. The lowest BCUT2D eigenvalue weighted by atomic mass is 10.2. The molecule has 0 fully saturated rings. The molecule has 0 saturated heterocycles. The molecule has 22 heavy (non-hydrogen) atoms. The van der Waals surface area contributed by atoms with Crippen molar-refractivity contribution in [2.45, 2.75) is 24.1 Å². The zero-order valence-corrected chi connectivity index (χ0v) is 14.7. The van der Waals surface area contributed by atoms with E-state index >= 15 is 0 Å². The van der Waals surface area contributed by atoms with Crippen molar-refractivity contribution in [3.8, 4) is 0 Å². The van der Waals surface area contributed by atoms with Crippen LogP contribution in [-0.4, -0.2) is 4.57 Å². The summed E-state index contributed by atoms with van der Waals surface area (Å²) in [7, 11) is 0. The maximum absolute atomic E-state index is 12.3. The third kappa shape index (κ3) is 2.99. The molecule has 1 heterocycles. The lowest BCUT2D eigenvalue weighted by Gasteiger charge is -2.12. The second kappa shape index (κ2) is 6.71. The van der Waals surface area contributed by atoms with Gasteiger partial charge in [0, 0.05) is 33.1 Å². The van der Waals surface area contributed by atoms with Crippen molar-refractivity contribution in [3.05, 3.63) is 75.0 Å². The summed E-state index contributed by atoms with van der Waals surface area (Å²) in [6.45, 7) is 2.69. The van der Waals surface area contributed by atoms with Crippen LogP contribution >= 0.6 is 27.7 Å². The topological polar surface area (TPSA) is 22.0 Å². The molecule has 0 atom stereocenters. The third-order valence-corrected chi connectivity index (χ3v) is 5.52. The smallest absolute Gasteiger partial charge is 0.252 e. The molecule has 0 radical (unpaired) electrons. The summed E-state index contributed by atoms with van der Waals surface area (Å²) in [6.07, 6.45) is 0. The number of thioether (sulfide) groups is 1. The van der Waals surface area contributed by atoms with Gasteiger partial charge in [0.05, 0.1) is 5.52 Å². The number of para-hydroxylation sites is 1. The Bertz CT molecular complexity index is 872. The molecule has 4 heteroatoms. The van der Waals surface area contributed by atoms with Gasteiger partial charge in [0.1, 0.15) is 0 Å². The number of nitrogens with zero attached hydrogens (tertiary/aromatic N) is 1. The average Bonchev–Trinajstić information content (AvgIpc) is 2.54. The fraction of sp³-hybridized carbons (Fsp3) is 0.167. The fourth-order valence-corrected chi connectivity index (χ4v) is 4.21. The molecular weight excluding hydrogens is 358 g/mol. The van der Waals surface area contributed by atoms with Crippen LogP contribution in [0.1, 0.15) is 12.5 Å². The molecule has 2 aromatic carbocycles. The number of aromatic nitrogens is 1. The Kier molecular flexibility index (Phi) is 4.69. The fourth-order valence-electron chi connectivity index (χ4n) is 2.52. The second-order valence-corrected chi connectivity index (χ2v) is 6.86. The number of hydrogen-bond donors (Lipinski definition) is 0. The van der Waals surface area contributed by atoms with Crippen molar-refractivity contribution < 1.29 is 0 Å². The van der Waals surface area contributed by atoms with Gasteiger partial charge in [-0.05, 0) is 24.6 Å². The van der Waals surface area contributed by atoms with E-state index in [1.807, 2.05) is 47.9 Å². The molecule has 3 aromatic rings. The van der Waals surface area contributed by atoms with E-state index in [1.165, 1.54) is 5.56 Å². The van der Waals surface area contributed by atoms with Gasteiger partial charge in [0.25, 0.3) is 5.56 Å². The molecule has 0 aliphatic rings. The van der Waals surface area contributed by atoms with Crippen molar-refractivity contribution in [1.29, 1.82) is 0 Å². The van der Waals surface area contributed by atoms with Crippen molar-refractivity contribution in [1.82, 2.24) is 4.57 Å². The number of benzene rings is 2. The van der Waals surface area contributed by atoms with E-state index in [9.17, 15) is 4.79 Å². The molecule has 0 bridgehead atoms. The highest BCUT2D eigenvalue weighted by atomic mass is 79.9. The maximum atomic E-state index is 12.3. The highest BCUT2D eigenvalue weighted by Crippen LogP contribution is 2.31. The molecule has 0 amide bonds. The number of pyridine rings is 1. The van der Waals surface area contributed by atoms with Crippen LogP contribution < -0.4 is 5.56 Å². The minimum atomic E-state index is 0.0656. The van der Waals surface area contributed by atoms with Crippen LogP contribution in [0.5, 0.6) is 0 Å². The Hall–Kier alpha value is -1.52. The Balaban J connectivity index is 2.01. The summed E-state index contributed by atoms with van der Waals surface area (Å²) in [5.41, 5.74) is 2.30. The number of hydrogen-bond acceptors (Lipinski definition) is 2. The predicted molar refractivity (Wildman–Crippen MR) is 97.6 cm³/mol. The van der Waals surface area contributed by atoms with Crippen molar-refractivity contribution >= 4 is 38.6 Å². The Morgan fingerprint density at radius 1 is 1.09 bits per heavy atom. The number of fused-ring (bicyclic) bond motifs is 1. The molecule has 2 nitrogen and oxygen atoms in total. The first-order valence-electron chi connectivity index (χ1n) is 7.19. The number of aryl methyl sites for hydroxylation is 1. The molecule has 0 aliphatic carbocycles. The first kappa shape index (κ1) is 15.4. The zero-order chi connectivity index (χ0) is 15.5. The molecule has 1 aromatic heterocycles. The quantitative estimate of drug-likeness (QED) is 0.595. The van der Waals surface area contributed by atoms with Gasteiger partial charge in [-0.1, -0.05) is 52.3 Å². The van der Waals surface area contributed by atoms with E-state index in [-0.39, 0.29) is 5.56 Å². The van der Waals surface area contributed by atoms with Gasteiger partial charge in [0.15, 0.2) is 0 Å². The van der Waals surface area contributed by atoms with E-state index in [1.54, 1.807) is 17.8 Å². The molecule has 0 unspecified atom stereocenters. The van der Waals surface area contributed by atoms with Crippen LogP contribution in [0.25, 0.3) is 10.9 Å². The summed E-state index contributed by atoms with van der Waals surface area (Å²) < 4.78 is 2.92. The van der Waals surface area contributed by atoms with Gasteiger partial charge in [-0.3, -0.25) is 4.79 Å². The van der Waals surface area contributed by atoms with Gasteiger partial charge in [-0.15, -0.1) is 11.8 Å². The molecule has 112 valence electrons. The summed E-state index contributed by atoms with van der Waals surface area (Å²) >= 11 is 5.28. The van der Waals surface area contributed by atoms with Crippen LogP contribution in [-0.2, 0) is 12.3 Å². The second-order valence-electron chi connectivity index (χ2n) is 4.99. The van der Waals surface area contributed by atoms with Crippen LogP contribution in [0.3, 0.4) is 0 Å². The van der Waals surface area contributed by atoms with Crippen molar-refractivity contribution in [2.75, 3.05) is 0 Å². The molecule has 0 N–H and O–H groups in total. The molecular formula is C18H16BrNOS. The molecule has 0 saturated carbocycles. The summed E-state index contributed by atoms with van der Waals surface area (Å²) in [4.78, 5) is 13.3. The van der Waals surface area contributed by atoms with Gasteiger partial charge in [-0.2, -0.15) is 0 Å². The summed E-state index contributed by atoms with van der Waals surface area (Å²) in [5, 5.41) is 1.14. The minimum absolute atomic E-state index is 0.0656. The van der Waals surface area contributed by atoms with Crippen LogP contribution in [0.15, 0.2) is 68.8 Å². The lowest BCUT2D eigenvalue weighted by Crippen LogP contribution is -2.18. The Morgan fingerprint density at radius 2 is 1.82 bits per heavy atom. The number of rotatable bonds is 4. The van der Waals surface area contributed by atoms with Crippen molar-refractivity contribution in [3.63, 3.8) is 0 Å². The third-order valence-electron chi connectivity index (χ3n) is 3.64. The largest absolute Gasteiger partial charge is 0.308 e. The highest BCUT2D eigenvalue weighted by Gasteiger charge is 2.09. The Labute approximate surface area is 142 Å².